The first-order valence-corrected chi connectivity index (χ1v) is 9.98. The summed E-state index contributed by atoms with van der Waals surface area (Å²) >= 11 is 1.87. The lowest BCUT2D eigenvalue weighted by molar-refractivity contribution is 0.0919. The minimum Gasteiger partial charge on any atom is -0.381 e. The zero-order chi connectivity index (χ0) is 17.1. The van der Waals surface area contributed by atoms with E-state index in [1.54, 1.807) is 7.11 Å². The van der Waals surface area contributed by atoms with Crippen molar-refractivity contribution in [2.24, 2.45) is 11.8 Å². The molecule has 7 heteroatoms. The third-order valence-electron chi connectivity index (χ3n) is 6.14. The van der Waals surface area contributed by atoms with E-state index in [1.165, 1.54) is 28.2 Å². The molecule has 2 aromatic heterocycles. The predicted molar refractivity (Wildman–Crippen MR) is 101 cm³/mol. The van der Waals surface area contributed by atoms with Gasteiger partial charge in [-0.1, -0.05) is 0 Å². The first-order valence-electron chi connectivity index (χ1n) is 9.16. The van der Waals surface area contributed by atoms with Crippen molar-refractivity contribution in [3.63, 3.8) is 0 Å². The Morgan fingerprint density at radius 3 is 2.64 bits per heavy atom. The molecule has 0 aromatic carbocycles. The Bertz CT molecular complexity index is 807. The van der Waals surface area contributed by atoms with Gasteiger partial charge in [-0.3, -0.25) is 0 Å². The lowest BCUT2D eigenvalue weighted by Crippen LogP contribution is -2.27. The lowest BCUT2D eigenvalue weighted by Gasteiger charge is -2.21. The van der Waals surface area contributed by atoms with Crippen LogP contribution in [-0.2, 0) is 17.6 Å². The molecule has 2 fully saturated rings. The molecule has 6 nitrogen and oxygen atoms in total. The molecule has 2 saturated heterocycles. The number of rotatable bonds is 2. The predicted octanol–water partition coefficient (Wildman–Crippen LogP) is 1.78. The third kappa shape index (κ3) is 2.52. The van der Waals surface area contributed by atoms with Gasteiger partial charge >= 0.3 is 0 Å². The van der Waals surface area contributed by atoms with Crippen LogP contribution in [0.3, 0.4) is 0 Å². The van der Waals surface area contributed by atoms with Gasteiger partial charge in [0.1, 0.15) is 0 Å². The standard InChI is InChI=1S/C18H25N5OS/c1-22-6-10-8-23(9-11(10)7-22)17-16-15(20-18(19)21-17)13-5-12(24-2)3-4-14(13)25-16/h10-12H,3-9H2,1-2H3,(H2,19,20,21)/t10-,11?,12?/m1/s1. The zero-order valence-electron chi connectivity index (χ0n) is 14.9. The van der Waals surface area contributed by atoms with Gasteiger partial charge in [0.2, 0.25) is 5.95 Å². The van der Waals surface area contributed by atoms with Crippen molar-refractivity contribution < 1.29 is 4.74 Å². The number of nitrogens with zero attached hydrogens (tertiary/aromatic N) is 4. The fourth-order valence-corrected chi connectivity index (χ4v) is 6.22. The number of fused-ring (bicyclic) bond motifs is 4. The normalized spacial score (nSPS) is 29.4. The minimum atomic E-state index is 0.298. The highest BCUT2D eigenvalue weighted by Crippen LogP contribution is 2.42. The number of nitrogen functional groups attached to an aromatic ring is 1. The minimum absolute atomic E-state index is 0.298. The van der Waals surface area contributed by atoms with Crippen molar-refractivity contribution in [2.45, 2.75) is 25.4 Å². The Morgan fingerprint density at radius 2 is 1.92 bits per heavy atom. The first kappa shape index (κ1) is 15.8. The number of anilines is 2. The fraction of sp³-hybridized carbons (Fsp3) is 0.667. The summed E-state index contributed by atoms with van der Waals surface area (Å²) in [5.41, 5.74) is 8.51. The number of hydrogen-bond donors (Lipinski definition) is 1. The van der Waals surface area contributed by atoms with E-state index < -0.39 is 0 Å². The van der Waals surface area contributed by atoms with E-state index in [9.17, 15) is 0 Å². The maximum Gasteiger partial charge on any atom is 0.222 e. The molecular weight excluding hydrogens is 334 g/mol. The number of hydrogen-bond acceptors (Lipinski definition) is 7. The second kappa shape index (κ2) is 5.79. The molecule has 1 aliphatic carbocycles. The highest BCUT2D eigenvalue weighted by Gasteiger charge is 2.40. The van der Waals surface area contributed by atoms with Gasteiger partial charge in [-0.15, -0.1) is 11.3 Å². The maximum atomic E-state index is 6.11. The van der Waals surface area contributed by atoms with Gasteiger partial charge < -0.3 is 20.3 Å². The number of likely N-dealkylation sites (tertiary alicyclic amines) is 1. The molecule has 4 heterocycles. The monoisotopic (exact) mass is 359 g/mol. The molecule has 2 N–H and O–H groups in total. The van der Waals surface area contributed by atoms with Gasteiger partial charge in [0.05, 0.1) is 16.3 Å². The van der Waals surface area contributed by atoms with Crippen LogP contribution in [0.25, 0.3) is 10.2 Å². The zero-order valence-corrected chi connectivity index (χ0v) is 15.7. The summed E-state index contributed by atoms with van der Waals surface area (Å²) in [6, 6.07) is 0. The Morgan fingerprint density at radius 1 is 1.16 bits per heavy atom. The van der Waals surface area contributed by atoms with E-state index >= 15 is 0 Å². The van der Waals surface area contributed by atoms with E-state index in [4.69, 9.17) is 10.5 Å². The molecular formula is C18H25N5OS. The Hall–Kier alpha value is -1.44. The molecule has 0 spiro atoms. The average molecular weight is 359 g/mol. The summed E-state index contributed by atoms with van der Waals surface area (Å²) in [5.74, 6) is 2.97. The topological polar surface area (TPSA) is 67.5 Å². The molecule has 2 aromatic rings. The number of aromatic nitrogens is 2. The average Bonchev–Trinajstić information content (AvgIpc) is 3.24. The van der Waals surface area contributed by atoms with Crippen molar-refractivity contribution >= 4 is 33.3 Å². The van der Waals surface area contributed by atoms with E-state index in [2.05, 4.69) is 26.8 Å². The summed E-state index contributed by atoms with van der Waals surface area (Å²) < 4.78 is 6.83. The van der Waals surface area contributed by atoms with E-state index in [1.807, 2.05) is 11.3 Å². The van der Waals surface area contributed by atoms with Crippen LogP contribution in [0.5, 0.6) is 0 Å². The van der Waals surface area contributed by atoms with E-state index in [-0.39, 0.29) is 0 Å². The number of aryl methyl sites for hydroxylation is 1. The van der Waals surface area contributed by atoms with Crippen LogP contribution in [0.4, 0.5) is 11.8 Å². The molecule has 0 radical (unpaired) electrons. The Balaban J connectivity index is 1.55. The van der Waals surface area contributed by atoms with Crippen LogP contribution in [0.2, 0.25) is 0 Å². The summed E-state index contributed by atoms with van der Waals surface area (Å²) in [7, 11) is 4.03. The largest absolute Gasteiger partial charge is 0.381 e. The molecule has 0 bridgehead atoms. The van der Waals surface area contributed by atoms with Crippen molar-refractivity contribution in [2.75, 3.05) is 51.0 Å². The quantitative estimate of drug-likeness (QED) is 0.882. The fourth-order valence-electron chi connectivity index (χ4n) is 4.92. The van der Waals surface area contributed by atoms with Gasteiger partial charge in [-0.25, -0.2) is 4.98 Å². The SMILES string of the molecule is COC1CCc2sc3c(N4CC5CN(C)C[C@@H]5C4)nc(N)nc3c2C1. The number of thiophene rings is 1. The maximum absolute atomic E-state index is 6.11. The highest BCUT2D eigenvalue weighted by atomic mass is 32.1. The molecule has 2 aliphatic heterocycles. The van der Waals surface area contributed by atoms with Crippen molar-refractivity contribution in [1.82, 2.24) is 14.9 Å². The van der Waals surface area contributed by atoms with E-state index in [0.717, 1.165) is 55.5 Å². The number of ether oxygens (including phenoxy) is 1. The van der Waals surface area contributed by atoms with Gasteiger partial charge in [0.15, 0.2) is 5.82 Å². The Kier molecular flexibility index (Phi) is 3.66. The van der Waals surface area contributed by atoms with Gasteiger partial charge in [-0.2, -0.15) is 4.98 Å². The smallest absolute Gasteiger partial charge is 0.222 e. The van der Waals surface area contributed by atoms with Gasteiger partial charge in [0, 0.05) is 44.6 Å². The highest BCUT2D eigenvalue weighted by molar-refractivity contribution is 7.19. The van der Waals surface area contributed by atoms with Crippen LogP contribution < -0.4 is 10.6 Å². The molecule has 3 atom stereocenters. The van der Waals surface area contributed by atoms with Gasteiger partial charge in [0.25, 0.3) is 0 Å². The molecule has 3 aliphatic rings. The number of methoxy groups -OCH3 is 1. The molecule has 25 heavy (non-hydrogen) atoms. The molecule has 0 amide bonds. The van der Waals surface area contributed by atoms with Crippen LogP contribution in [0.1, 0.15) is 16.9 Å². The third-order valence-corrected chi connectivity index (χ3v) is 7.42. The lowest BCUT2D eigenvalue weighted by atomic mass is 9.95. The van der Waals surface area contributed by atoms with Crippen LogP contribution in [-0.4, -0.2) is 61.3 Å². The molecule has 0 saturated carbocycles. The molecule has 134 valence electrons. The van der Waals surface area contributed by atoms with Crippen molar-refractivity contribution in [3.05, 3.63) is 10.4 Å². The second-order valence-corrected chi connectivity index (χ2v) is 8.94. The second-order valence-electron chi connectivity index (χ2n) is 7.83. The van der Waals surface area contributed by atoms with E-state index in [0.29, 0.717) is 12.1 Å². The molecule has 5 rings (SSSR count). The van der Waals surface area contributed by atoms with Gasteiger partial charge in [-0.05, 0) is 37.3 Å². The van der Waals surface area contributed by atoms with Crippen LogP contribution in [0.15, 0.2) is 0 Å². The Labute approximate surface area is 152 Å². The summed E-state index contributed by atoms with van der Waals surface area (Å²) in [5, 5.41) is 0. The first-order chi connectivity index (χ1) is 12.1. The summed E-state index contributed by atoms with van der Waals surface area (Å²) in [4.78, 5) is 15.6. The summed E-state index contributed by atoms with van der Waals surface area (Å²) in [6.45, 7) is 4.57. The summed E-state index contributed by atoms with van der Waals surface area (Å²) in [6.07, 6.45) is 3.41. The van der Waals surface area contributed by atoms with Crippen LogP contribution >= 0.6 is 11.3 Å². The number of nitrogens with two attached hydrogens (primary N) is 1. The molecule has 2 unspecified atom stereocenters. The van der Waals surface area contributed by atoms with Crippen molar-refractivity contribution in [3.8, 4) is 0 Å². The van der Waals surface area contributed by atoms with Crippen LogP contribution in [0, 0.1) is 11.8 Å². The van der Waals surface area contributed by atoms with Crippen molar-refractivity contribution in [1.29, 1.82) is 0 Å².